The first kappa shape index (κ1) is 8.11. The SMILES string of the molecule is CCOC1=CC(=O)NC(C)C1. The van der Waals surface area contributed by atoms with Gasteiger partial charge in [-0.25, -0.2) is 0 Å². The molecule has 62 valence electrons. The smallest absolute Gasteiger partial charge is 0.247 e. The molecule has 0 spiro atoms. The van der Waals surface area contributed by atoms with Gasteiger partial charge in [0.2, 0.25) is 5.91 Å². The Bertz CT molecular complexity index is 187. The first-order valence-electron chi connectivity index (χ1n) is 3.86. The van der Waals surface area contributed by atoms with E-state index in [4.69, 9.17) is 4.74 Å². The molecular weight excluding hydrogens is 142 g/mol. The molecule has 0 aliphatic carbocycles. The first-order valence-corrected chi connectivity index (χ1v) is 3.86. The minimum atomic E-state index is -0.0489. The Labute approximate surface area is 66.4 Å². The highest BCUT2D eigenvalue weighted by molar-refractivity contribution is 5.89. The summed E-state index contributed by atoms with van der Waals surface area (Å²) in [5.74, 6) is 0.746. The Hall–Kier alpha value is -0.990. The minimum Gasteiger partial charge on any atom is -0.498 e. The molecule has 0 aromatic carbocycles. The van der Waals surface area contributed by atoms with Crippen LogP contribution in [0.2, 0.25) is 0 Å². The molecule has 0 saturated carbocycles. The van der Waals surface area contributed by atoms with E-state index in [1.807, 2.05) is 13.8 Å². The second-order valence-corrected chi connectivity index (χ2v) is 2.66. The normalized spacial score (nSPS) is 24.0. The number of ether oxygens (including phenoxy) is 1. The monoisotopic (exact) mass is 155 g/mol. The molecular formula is C8H13NO2. The predicted molar refractivity (Wildman–Crippen MR) is 41.9 cm³/mol. The molecule has 1 heterocycles. The number of rotatable bonds is 2. The number of amides is 1. The maximum absolute atomic E-state index is 10.9. The lowest BCUT2D eigenvalue weighted by Crippen LogP contribution is -2.35. The molecule has 0 aromatic rings. The van der Waals surface area contributed by atoms with Crippen LogP contribution in [0.5, 0.6) is 0 Å². The zero-order valence-electron chi connectivity index (χ0n) is 6.89. The lowest BCUT2D eigenvalue weighted by atomic mass is 10.1. The van der Waals surface area contributed by atoms with Crippen molar-refractivity contribution in [2.24, 2.45) is 0 Å². The molecule has 0 radical (unpaired) electrons. The zero-order chi connectivity index (χ0) is 8.27. The maximum Gasteiger partial charge on any atom is 0.247 e. The molecule has 1 aliphatic heterocycles. The van der Waals surface area contributed by atoms with E-state index in [9.17, 15) is 4.79 Å². The summed E-state index contributed by atoms with van der Waals surface area (Å²) in [7, 11) is 0. The fraction of sp³-hybridized carbons (Fsp3) is 0.625. The van der Waals surface area contributed by atoms with Gasteiger partial charge in [0.25, 0.3) is 0 Å². The van der Waals surface area contributed by atoms with E-state index in [1.54, 1.807) is 0 Å². The van der Waals surface area contributed by atoms with Crippen molar-refractivity contribution in [2.75, 3.05) is 6.61 Å². The first-order chi connectivity index (χ1) is 5.22. The summed E-state index contributed by atoms with van der Waals surface area (Å²) in [5.41, 5.74) is 0. The predicted octanol–water partition coefficient (Wildman–Crippen LogP) is 0.815. The van der Waals surface area contributed by atoms with Crippen molar-refractivity contribution in [3.63, 3.8) is 0 Å². The largest absolute Gasteiger partial charge is 0.498 e. The summed E-state index contributed by atoms with van der Waals surface area (Å²) in [6.45, 7) is 4.51. The van der Waals surface area contributed by atoms with Crippen molar-refractivity contribution < 1.29 is 9.53 Å². The average Bonchev–Trinajstić information content (AvgIpc) is 1.85. The van der Waals surface area contributed by atoms with Gasteiger partial charge in [-0.2, -0.15) is 0 Å². The second-order valence-electron chi connectivity index (χ2n) is 2.66. The van der Waals surface area contributed by atoms with Crippen molar-refractivity contribution in [2.45, 2.75) is 26.3 Å². The van der Waals surface area contributed by atoms with Crippen molar-refractivity contribution in [3.05, 3.63) is 11.8 Å². The quantitative estimate of drug-likeness (QED) is 0.641. The average molecular weight is 155 g/mol. The lowest BCUT2D eigenvalue weighted by molar-refractivity contribution is -0.117. The van der Waals surface area contributed by atoms with Crippen molar-refractivity contribution in [1.29, 1.82) is 0 Å². The Kier molecular flexibility index (Phi) is 2.52. The van der Waals surface area contributed by atoms with Gasteiger partial charge in [-0.15, -0.1) is 0 Å². The van der Waals surface area contributed by atoms with Crippen molar-refractivity contribution in [1.82, 2.24) is 5.32 Å². The van der Waals surface area contributed by atoms with Gasteiger partial charge >= 0.3 is 0 Å². The summed E-state index contributed by atoms with van der Waals surface area (Å²) >= 11 is 0. The highest BCUT2D eigenvalue weighted by Gasteiger charge is 2.15. The molecule has 0 saturated heterocycles. The maximum atomic E-state index is 10.9. The fourth-order valence-electron chi connectivity index (χ4n) is 1.13. The molecule has 3 nitrogen and oxygen atoms in total. The van der Waals surface area contributed by atoms with Crippen LogP contribution in [0.15, 0.2) is 11.8 Å². The van der Waals surface area contributed by atoms with Gasteiger partial charge in [0.1, 0.15) is 5.76 Å². The molecule has 0 bridgehead atoms. The summed E-state index contributed by atoms with van der Waals surface area (Å²) < 4.78 is 5.22. The Morgan fingerprint density at radius 1 is 1.82 bits per heavy atom. The standard InChI is InChI=1S/C8H13NO2/c1-3-11-7-4-6(2)9-8(10)5-7/h5-6H,3-4H2,1-2H3,(H,9,10). The molecule has 1 rings (SSSR count). The third kappa shape index (κ3) is 2.26. The molecule has 1 N–H and O–H groups in total. The number of carbonyl (C=O) groups is 1. The number of hydrogen-bond donors (Lipinski definition) is 1. The van der Waals surface area contributed by atoms with Crippen molar-refractivity contribution in [3.8, 4) is 0 Å². The highest BCUT2D eigenvalue weighted by Crippen LogP contribution is 2.11. The van der Waals surface area contributed by atoms with Crippen LogP contribution in [0.3, 0.4) is 0 Å². The molecule has 1 atom stereocenters. The van der Waals surface area contributed by atoms with Crippen LogP contribution in [-0.4, -0.2) is 18.6 Å². The number of carbonyl (C=O) groups excluding carboxylic acids is 1. The summed E-state index contributed by atoms with van der Waals surface area (Å²) in [4.78, 5) is 10.9. The van der Waals surface area contributed by atoms with Gasteiger partial charge in [0.05, 0.1) is 6.61 Å². The lowest BCUT2D eigenvalue weighted by Gasteiger charge is -2.19. The van der Waals surface area contributed by atoms with Crippen molar-refractivity contribution >= 4 is 5.91 Å². The van der Waals surface area contributed by atoms with E-state index in [1.165, 1.54) is 6.08 Å². The second kappa shape index (κ2) is 3.42. The molecule has 11 heavy (non-hydrogen) atoms. The Morgan fingerprint density at radius 3 is 3.09 bits per heavy atom. The third-order valence-corrected chi connectivity index (χ3v) is 1.52. The molecule has 1 aliphatic rings. The summed E-state index contributed by atoms with van der Waals surface area (Å²) in [5, 5.41) is 2.77. The van der Waals surface area contributed by atoms with E-state index >= 15 is 0 Å². The molecule has 3 heteroatoms. The van der Waals surface area contributed by atoms with Gasteiger partial charge in [-0.1, -0.05) is 0 Å². The van der Waals surface area contributed by atoms with Gasteiger partial charge in [0, 0.05) is 18.5 Å². The minimum absolute atomic E-state index is 0.0489. The highest BCUT2D eigenvalue weighted by atomic mass is 16.5. The molecule has 0 aromatic heterocycles. The van der Waals surface area contributed by atoms with Gasteiger partial charge in [-0.05, 0) is 13.8 Å². The van der Waals surface area contributed by atoms with Gasteiger partial charge < -0.3 is 10.1 Å². The Morgan fingerprint density at radius 2 is 2.55 bits per heavy atom. The van der Waals surface area contributed by atoms with E-state index in [0.29, 0.717) is 6.61 Å². The van der Waals surface area contributed by atoms with Crippen LogP contribution >= 0.6 is 0 Å². The molecule has 1 amide bonds. The Balaban J connectivity index is 2.57. The van der Waals surface area contributed by atoms with Crippen LogP contribution in [0.4, 0.5) is 0 Å². The molecule has 0 fully saturated rings. The van der Waals surface area contributed by atoms with E-state index in [0.717, 1.165) is 12.2 Å². The van der Waals surface area contributed by atoms with Crippen LogP contribution in [0.1, 0.15) is 20.3 Å². The van der Waals surface area contributed by atoms with Crippen LogP contribution < -0.4 is 5.32 Å². The number of hydrogen-bond acceptors (Lipinski definition) is 2. The topological polar surface area (TPSA) is 38.3 Å². The molecule has 1 unspecified atom stereocenters. The number of nitrogens with one attached hydrogen (secondary N) is 1. The third-order valence-electron chi connectivity index (χ3n) is 1.52. The summed E-state index contributed by atoms with van der Waals surface area (Å²) in [6, 6.07) is 0.203. The van der Waals surface area contributed by atoms with Gasteiger partial charge in [-0.3, -0.25) is 4.79 Å². The van der Waals surface area contributed by atoms with E-state index < -0.39 is 0 Å². The van der Waals surface area contributed by atoms with E-state index in [2.05, 4.69) is 5.32 Å². The van der Waals surface area contributed by atoms with E-state index in [-0.39, 0.29) is 11.9 Å². The zero-order valence-corrected chi connectivity index (χ0v) is 6.89. The fourth-order valence-corrected chi connectivity index (χ4v) is 1.13. The van der Waals surface area contributed by atoms with Crippen LogP contribution in [-0.2, 0) is 9.53 Å². The summed E-state index contributed by atoms with van der Waals surface area (Å²) in [6.07, 6.45) is 2.32. The van der Waals surface area contributed by atoms with Gasteiger partial charge in [0.15, 0.2) is 0 Å². The van der Waals surface area contributed by atoms with Crippen LogP contribution in [0.25, 0.3) is 0 Å². The van der Waals surface area contributed by atoms with Crippen LogP contribution in [0, 0.1) is 0 Å².